The lowest BCUT2D eigenvalue weighted by atomic mass is 9.94. The molecular formula is C28H23NO7. The molecule has 1 unspecified atom stereocenters. The summed E-state index contributed by atoms with van der Waals surface area (Å²) in [6, 6.07) is 20.4. The molecule has 0 saturated heterocycles. The van der Waals surface area contributed by atoms with Gasteiger partial charge in [-0.3, -0.25) is 9.59 Å². The number of aliphatic hydroxyl groups is 1. The number of carbonyl (C=O) groups is 2. The summed E-state index contributed by atoms with van der Waals surface area (Å²) in [4.78, 5) is 27.8. The van der Waals surface area contributed by atoms with Crippen LogP contribution in [0.25, 0.3) is 0 Å². The first-order chi connectivity index (χ1) is 17.6. The van der Waals surface area contributed by atoms with Crippen molar-refractivity contribution in [1.82, 2.24) is 4.90 Å². The van der Waals surface area contributed by atoms with Crippen molar-refractivity contribution >= 4 is 11.7 Å². The maximum Gasteiger partial charge on any atom is 0.290 e. The molecule has 1 aliphatic heterocycles. The summed E-state index contributed by atoms with van der Waals surface area (Å²) in [5, 5.41) is 10.8. The fourth-order valence-electron chi connectivity index (χ4n) is 4.21. The number of hydrogen-bond donors (Lipinski definition) is 1. The van der Waals surface area contributed by atoms with Crippen LogP contribution < -0.4 is 9.47 Å². The molecule has 1 amide bonds. The van der Waals surface area contributed by atoms with Crippen LogP contribution in [-0.2, 0) is 17.9 Å². The number of rotatable bonds is 9. The molecule has 0 spiro atoms. The molecule has 2 aromatic carbocycles. The van der Waals surface area contributed by atoms with Gasteiger partial charge in [0.05, 0.1) is 37.8 Å². The van der Waals surface area contributed by atoms with Crippen LogP contribution in [0.4, 0.5) is 0 Å². The molecule has 1 N–H and O–H groups in total. The highest BCUT2D eigenvalue weighted by molar-refractivity contribution is 6.15. The normalized spacial score (nSPS) is 15.4. The second kappa shape index (κ2) is 9.87. The van der Waals surface area contributed by atoms with Gasteiger partial charge in [0.25, 0.3) is 5.91 Å². The van der Waals surface area contributed by atoms with Crippen molar-refractivity contribution in [3.05, 3.63) is 119 Å². The number of benzene rings is 2. The molecule has 1 atom stereocenters. The van der Waals surface area contributed by atoms with Gasteiger partial charge < -0.3 is 28.3 Å². The fraction of sp³-hybridized carbons (Fsp3) is 0.143. The van der Waals surface area contributed by atoms with Gasteiger partial charge in [-0.05, 0) is 47.5 Å². The summed E-state index contributed by atoms with van der Waals surface area (Å²) in [7, 11) is 1.51. The van der Waals surface area contributed by atoms with E-state index >= 15 is 0 Å². The van der Waals surface area contributed by atoms with E-state index in [0.717, 1.165) is 5.56 Å². The van der Waals surface area contributed by atoms with E-state index in [0.29, 0.717) is 29.4 Å². The standard InChI is InChI=1S/C28H23NO7/c1-33-23-15-19(11-12-21(23)36-17-18-7-3-2-4-8-18)25-24(26(30)22-10-6-14-35-22)27(31)28(32)29(25)16-20-9-5-13-34-20/h2-15,25,31H,16-17H2,1H3. The minimum atomic E-state index is -0.905. The van der Waals surface area contributed by atoms with Gasteiger partial charge in [0, 0.05) is 0 Å². The third-order valence-corrected chi connectivity index (χ3v) is 5.94. The van der Waals surface area contributed by atoms with Crippen LogP contribution in [-0.4, -0.2) is 28.8 Å². The largest absolute Gasteiger partial charge is 0.503 e. The van der Waals surface area contributed by atoms with Gasteiger partial charge in [-0.25, -0.2) is 0 Å². The zero-order chi connectivity index (χ0) is 25.1. The highest BCUT2D eigenvalue weighted by Crippen LogP contribution is 2.42. The summed E-state index contributed by atoms with van der Waals surface area (Å²) in [6.45, 7) is 0.385. The quantitative estimate of drug-likeness (QED) is 0.324. The highest BCUT2D eigenvalue weighted by atomic mass is 16.5. The second-order valence-corrected chi connectivity index (χ2v) is 8.17. The van der Waals surface area contributed by atoms with Crippen LogP contribution in [0.1, 0.15) is 33.5 Å². The van der Waals surface area contributed by atoms with Crippen LogP contribution in [0.15, 0.2) is 105 Å². The van der Waals surface area contributed by atoms with E-state index in [4.69, 9.17) is 18.3 Å². The molecule has 0 radical (unpaired) electrons. The van der Waals surface area contributed by atoms with Crippen LogP contribution in [0.5, 0.6) is 11.5 Å². The topological polar surface area (TPSA) is 102 Å². The zero-order valence-electron chi connectivity index (χ0n) is 19.4. The highest BCUT2D eigenvalue weighted by Gasteiger charge is 2.45. The minimum Gasteiger partial charge on any atom is -0.503 e. The Kier molecular flexibility index (Phi) is 6.32. The Balaban J connectivity index is 1.52. The summed E-state index contributed by atoms with van der Waals surface area (Å²) >= 11 is 0. The van der Waals surface area contributed by atoms with Crippen molar-refractivity contribution in [1.29, 1.82) is 0 Å². The van der Waals surface area contributed by atoms with E-state index in [9.17, 15) is 14.7 Å². The molecule has 8 nitrogen and oxygen atoms in total. The lowest BCUT2D eigenvalue weighted by Crippen LogP contribution is -2.30. The van der Waals surface area contributed by atoms with E-state index in [-0.39, 0.29) is 17.9 Å². The van der Waals surface area contributed by atoms with E-state index in [1.807, 2.05) is 30.3 Å². The Labute approximate surface area is 207 Å². The van der Waals surface area contributed by atoms with Gasteiger partial charge in [-0.15, -0.1) is 0 Å². The Hall–Kier alpha value is -4.72. The molecule has 36 heavy (non-hydrogen) atoms. The van der Waals surface area contributed by atoms with Crippen LogP contribution >= 0.6 is 0 Å². The SMILES string of the molecule is COc1cc(C2C(C(=O)c3ccco3)=C(O)C(=O)N2Cc2ccco2)ccc1OCc1ccccc1. The van der Waals surface area contributed by atoms with Crippen LogP contribution in [0.3, 0.4) is 0 Å². The van der Waals surface area contributed by atoms with Crippen molar-refractivity contribution in [3.8, 4) is 11.5 Å². The third kappa shape index (κ3) is 4.36. The second-order valence-electron chi connectivity index (χ2n) is 8.17. The number of aliphatic hydroxyl groups excluding tert-OH is 1. The molecular weight excluding hydrogens is 462 g/mol. The molecule has 4 aromatic rings. The van der Waals surface area contributed by atoms with E-state index < -0.39 is 23.5 Å². The zero-order valence-corrected chi connectivity index (χ0v) is 19.4. The van der Waals surface area contributed by atoms with Gasteiger partial charge in [-0.1, -0.05) is 36.4 Å². The molecule has 0 aliphatic carbocycles. The summed E-state index contributed by atoms with van der Waals surface area (Å²) in [6.07, 6.45) is 2.86. The van der Waals surface area contributed by atoms with Crippen molar-refractivity contribution in [2.24, 2.45) is 0 Å². The third-order valence-electron chi connectivity index (χ3n) is 5.94. The number of carbonyl (C=O) groups excluding carboxylic acids is 2. The molecule has 2 aromatic heterocycles. The average molecular weight is 485 g/mol. The summed E-state index contributed by atoms with van der Waals surface area (Å²) in [5.41, 5.74) is 1.47. The summed E-state index contributed by atoms with van der Waals surface area (Å²) < 4.78 is 22.2. The minimum absolute atomic E-state index is 0.0176. The molecule has 182 valence electrons. The molecule has 1 aliphatic rings. The number of hydrogen-bond acceptors (Lipinski definition) is 7. The monoisotopic (exact) mass is 485 g/mol. The molecule has 0 bridgehead atoms. The predicted octanol–water partition coefficient (Wildman–Crippen LogP) is 5.24. The van der Waals surface area contributed by atoms with Gasteiger partial charge in [0.1, 0.15) is 12.4 Å². The molecule has 5 rings (SSSR count). The number of ether oxygens (including phenoxy) is 2. The van der Waals surface area contributed by atoms with E-state index in [2.05, 4.69) is 0 Å². The predicted molar refractivity (Wildman–Crippen MR) is 128 cm³/mol. The maximum atomic E-state index is 13.3. The van der Waals surface area contributed by atoms with E-state index in [1.165, 1.54) is 30.6 Å². The number of methoxy groups -OCH3 is 1. The Morgan fingerprint density at radius 2 is 1.75 bits per heavy atom. The van der Waals surface area contributed by atoms with Gasteiger partial charge in [0.2, 0.25) is 5.78 Å². The Morgan fingerprint density at radius 3 is 2.44 bits per heavy atom. The first-order valence-corrected chi connectivity index (χ1v) is 11.3. The van der Waals surface area contributed by atoms with E-state index in [1.54, 1.807) is 36.4 Å². The molecule has 0 saturated carbocycles. The number of furan rings is 2. The first-order valence-electron chi connectivity index (χ1n) is 11.3. The lowest BCUT2D eigenvalue weighted by molar-refractivity contribution is -0.130. The van der Waals surface area contributed by atoms with Crippen molar-refractivity contribution < 1.29 is 33.0 Å². The smallest absolute Gasteiger partial charge is 0.290 e. The van der Waals surface area contributed by atoms with Crippen molar-refractivity contribution in [2.75, 3.05) is 7.11 Å². The number of Topliss-reactive ketones (excluding diaryl/α,β-unsaturated/α-hetero) is 1. The van der Waals surface area contributed by atoms with Crippen LogP contribution in [0.2, 0.25) is 0 Å². The van der Waals surface area contributed by atoms with Crippen molar-refractivity contribution in [2.45, 2.75) is 19.2 Å². The number of ketones is 1. The van der Waals surface area contributed by atoms with Gasteiger partial charge in [-0.2, -0.15) is 0 Å². The lowest BCUT2D eigenvalue weighted by Gasteiger charge is -2.26. The maximum absolute atomic E-state index is 13.3. The Bertz CT molecular complexity index is 1390. The average Bonchev–Trinajstić information content (AvgIpc) is 3.67. The fourth-order valence-corrected chi connectivity index (χ4v) is 4.21. The first kappa shape index (κ1) is 23.0. The molecule has 8 heteroatoms. The summed E-state index contributed by atoms with van der Waals surface area (Å²) in [5.74, 6) is -0.456. The number of nitrogens with zero attached hydrogens (tertiary/aromatic N) is 1. The van der Waals surface area contributed by atoms with Crippen molar-refractivity contribution in [3.63, 3.8) is 0 Å². The molecule has 0 fully saturated rings. The molecule has 3 heterocycles. The number of amides is 1. The van der Waals surface area contributed by atoms with Crippen LogP contribution in [0, 0.1) is 0 Å². The Morgan fingerprint density at radius 1 is 0.972 bits per heavy atom. The van der Waals surface area contributed by atoms with Gasteiger partial charge >= 0.3 is 0 Å². The van der Waals surface area contributed by atoms with Gasteiger partial charge in [0.15, 0.2) is 23.0 Å².